The summed E-state index contributed by atoms with van der Waals surface area (Å²) in [4.78, 5) is 12.5. The van der Waals surface area contributed by atoms with E-state index in [1.165, 1.54) is 0 Å². The lowest BCUT2D eigenvalue weighted by Gasteiger charge is -2.27. The third-order valence-electron chi connectivity index (χ3n) is 4.26. The largest absolute Gasteiger partial charge is 0.453 e. The van der Waals surface area contributed by atoms with Crippen LogP contribution in [-0.4, -0.2) is 54.3 Å². The normalized spacial score (nSPS) is 35.8. The first kappa shape index (κ1) is 16.7. The number of rotatable bonds is 3. The van der Waals surface area contributed by atoms with Crippen molar-refractivity contribution in [2.75, 3.05) is 6.61 Å². The number of hydrogen-bond acceptors (Lipinski definition) is 8. The van der Waals surface area contributed by atoms with Crippen molar-refractivity contribution < 1.29 is 33.2 Å². The van der Waals surface area contributed by atoms with Crippen LogP contribution in [0, 0.1) is 0 Å². The number of thiocarbonyl (C=S) groups is 1. The molecule has 3 aliphatic heterocycles. The van der Waals surface area contributed by atoms with E-state index in [1.807, 2.05) is 6.07 Å². The second kappa shape index (κ2) is 6.21. The first-order valence-corrected chi connectivity index (χ1v) is 8.44. The monoisotopic (exact) mass is 366 g/mol. The molecule has 1 aromatic rings. The molecule has 134 valence electrons. The maximum atomic E-state index is 12.5. The fourth-order valence-corrected chi connectivity index (χ4v) is 3.40. The van der Waals surface area contributed by atoms with Crippen LogP contribution in [0.25, 0.3) is 0 Å². The van der Waals surface area contributed by atoms with E-state index >= 15 is 0 Å². The van der Waals surface area contributed by atoms with E-state index in [0.717, 1.165) is 0 Å². The van der Waals surface area contributed by atoms with Crippen LogP contribution in [0.15, 0.2) is 30.3 Å². The van der Waals surface area contributed by atoms with Crippen LogP contribution in [0.3, 0.4) is 0 Å². The summed E-state index contributed by atoms with van der Waals surface area (Å²) in [7, 11) is 0. The van der Waals surface area contributed by atoms with Gasteiger partial charge in [0.2, 0.25) is 0 Å². The Labute approximate surface area is 150 Å². The predicted molar refractivity (Wildman–Crippen MR) is 87.8 cm³/mol. The van der Waals surface area contributed by atoms with E-state index in [0.29, 0.717) is 5.56 Å². The molecule has 0 radical (unpaired) electrons. The Balaban J connectivity index is 1.55. The standard InChI is InChI=1S/C17H18O7S/c1-17(2)23-13-12(21-14(18)9-6-4-3-5-7-9)11(22-15(13)24-17)10-8-19-16(25)20-10/h3-7,10-13,15H,8H2,1-2H3/t10-,11-,12+,13-,15-/m1/s1. The first-order valence-electron chi connectivity index (χ1n) is 8.03. The molecule has 1 aromatic carbocycles. The lowest BCUT2D eigenvalue weighted by Crippen LogP contribution is -2.44. The zero-order valence-corrected chi connectivity index (χ0v) is 14.6. The van der Waals surface area contributed by atoms with Crippen LogP contribution >= 0.6 is 12.2 Å². The molecule has 0 saturated carbocycles. The van der Waals surface area contributed by atoms with Gasteiger partial charge in [0.1, 0.15) is 12.7 Å². The molecule has 0 bridgehead atoms. The second-order valence-electron chi connectivity index (χ2n) is 6.52. The fourth-order valence-electron chi connectivity index (χ4n) is 3.21. The number of benzene rings is 1. The number of fused-ring (bicyclic) bond motifs is 1. The molecule has 3 saturated heterocycles. The molecule has 4 rings (SSSR count). The average Bonchev–Trinajstić information content (AvgIpc) is 3.21. The van der Waals surface area contributed by atoms with E-state index in [1.54, 1.807) is 38.1 Å². The Bertz CT molecular complexity index is 677. The fraction of sp³-hybridized carbons (Fsp3) is 0.529. The highest BCUT2D eigenvalue weighted by molar-refractivity contribution is 7.79. The van der Waals surface area contributed by atoms with Gasteiger partial charge in [-0.05, 0) is 26.0 Å². The summed E-state index contributed by atoms with van der Waals surface area (Å²) >= 11 is 4.90. The van der Waals surface area contributed by atoms with Crippen LogP contribution in [-0.2, 0) is 28.4 Å². The summed E-state index contributed by atoms with van der Waals surface area (Å²) in [5.74, 6) is -1.28. The van der Waals surface area contributed by atoms with Crippen molar-refractivity contribution in [1.82, 2.24) is 0 Å². The minimum absolute atomic E-state index is 0.0564. The van der Waals surface area contributed by atoms with Crippen molar-refractivity contribution in [2.45, 2.75) is 50.3 Å². The molecule has 0 aliphatic carbocycles. The third-order valence-corrected chi connectivity index (χ3v) is 4.47. The Morgan fingerprint density at radius 2 is 1.96 bits per heavy atom. The zero-order chi connectivity index (χ0) is 17.6. The van der Waals surface area contributed by atoms with Crippen LogP contribution in [0.5, 0.6) is 0 Å². The van der Waals surface area contributed by atoms with Crippen molar-refractivity contribution in [3.05, 3.63) is 35.9 Å². The molecule has 3 heterocycles. The van der Waals surface area contributed by atoms with Gasteiger partial charge in [-0.2, -0.15) is 0 Å². The molecule has 0 spiro atoms. The molecule has 0 N–H and O–H groups in total. The zero-order valence-electron chi connectivity index (χ0n) is 13.7. The quantitative estimate of drug-likeness (QED) is 0.592. The second-order valence-corrected chi connectivity index (χ2v) is 6.86. The molecule has 5 atom stereocenters. The number of hydrogen-bond donors (Lipinski definition) is 0. The van der Waals surface area contributed by atoms with Gasteiger partial charge in [0.25, 0.3) is 0 Å². The molecule has 0 unspecified atom stereocenters. The van der Waals surface area contributed by atoms with Crippen LogP contribution < -0.4 is 0 Å². The molecule has 7 nitrogen and oxygen atoms in total. The van der Waals surface area contributed by atoms with Gasteiger partial charge in [-0.15, -0.1) is 0 Å². The summed E-state index contributed by atoms with van der Waals surface area (Å²) in [6.07, 6.45) is -2.98. The lowest BCUT2D eigenvalue weighted by molar-refractivity contribution is -0.223. The average molecular weight is 366 g/mol. The molecule has 3 fully saturated rings. The highest BCUT2D eigenvalue weighted by atomic mass is 32.1. The minimum Gasteiger partial charge on any atom is -0.453 e. The molecule has 8 heteroatoms. The topological polar surface area (TPSA) is 72.5 Å². The predicted octanol–water partition coefficient (Wildman–Crippen LogP) is 1.79. The molecular weight excluding hydrogens is 348 g/mol. The van der Waals surface area contributed by atoms with E-state index in [-0.39, 0.29) is 11.8 Å². The highest BCUT2D eigenvalue weighted by Crippen LogP contribution is 2.41. The van der Waals surface area contributed by atoms with Crippen LogP contribution in [0.2, 0.25) is 0 Å². The molecule has 3 aliphatic rings. The van der Waals surface area contributed by atoms with Gasteiger partial charge in [0.15, 0.2) is 30.4 Å². The molecular formula is C17H18O7S. The Hall–Kier alpha value is -1.74. The van der Waals surface area contributed by atoms with E-state index < -0.39 is 42.5 Å². The first-order chi connectivity index (χ1) is 11.9. The van der Waals surface area contributed by atoms with Crippen LogP contribution in [0.1, 0.15) is 24.2 Å². The Morgan fingerprint density at radius 3 is 2.64 bits per heavy atom. The highest BCUT2D eigenvalue weighted by Gasteiger charge is 2.59. The van der Waals surface area contributed by atoms with Crippen molar-refractivity contribution in [3.8, 4) is 0 Å². The molecule has 0 aromatic heterocycles. The van der Waals surface area contributed by atoms with Crippen molar-refractivity contribution >= 4 is 23.4 Å². The Morgan fingerprint density at radius 1 is 1.20 bits per heavy atom. The van der Waals surface area contributed by atoms with Crippen molar-refractivity contribution in [1.29, 1.82) is 0 Å². The smallest absolute Gasteiger partial charge is 0.352 e. The summed E-state index contributed by atoms with van der Waals surface area (Å²) < 4.78 is 33.9. The Kier molecular flexibility index (Phi) is 4.15. The lowest BCUT2D eigenvalue weighted by atomic mass is 10.1. The van der Waals surface area contributed by atoms with Gasteiger partial charge in [0, 0.05) is 12.2 Å². The summed E-state index contributed by atoms with van der Waals surface area (Å²) in [5, 5.41) is 0.0564. The number of esters is 1. The number of ether oxygens (including phenoxy) is 6. The van der Waals surface area contributed by atoms with Gasteiger partial charge < -0.3 is 28.4 Å². The molecule has 0 amide bonds. The minimum atomic E-state index is -0.819. The summed E-state index contributed by atoms with van der Waals surface area (Å²) in [6.45, 7) is 3.79. The van der Waals surface area contributed by atoms with E-state index in [2.05, 4.69) is 0 Å². The SMILES string of the molecule is CC1(C)O[C@H]2O[C@H]([C@H]3COC(=S)O3)[C@H](OC(=O)c3ccccc3)[C@H]2O1. The van der Waals surface area contributed by atoms with Gasteiger partial charge in [-0.25, -0.2) is 4.79 Å². The van der Waals surface area contributed by atoms with Gasteiger partial charge >= 0.3 is 11.2 Å². The van der Waals surface area contributed by atoms with E-state index in [9.17, 15) is 4.79 Å². The number of carbonyl (C=O) groups excluding carboxylic acids is 1. The molecule has 25 heavy (non-hydrogen) atoms. The maximum absolute atomic E-state index is 12.5. The summed E-state index contributed by atoms with van der Waals surface area (Å²) in [5.41, 5.74) is 0.446. The third kappa shape index (κ3) is 3.22. The van der Waals surface area contributed by atoms with E-state index in [4.69, 9.17) is 40.6 Å². The van der Waals surface area contributed by atoms with Gasteiger partial charge in [-0.1, -0.05) is 18.2 Å². The van der Waals surface area contributed by atoms with Crippen LogP contribution in [0.4, 0.5) is 0 Å². The van der Waals surface area contributed by atoms with Gasteiger partial charge in [0.05, 0.1) is 5.56 Å². The number of carbonyl (C=O) groups is 1. The van der Waals surface area contributed by atoms with Crippen molar-refractivity contribution in [3.63, 3.8) is 0 Å². The van der Waals surface area contributed by atoms with Crippen molar-refractivity contribution in [2.24, 2.45) is 0 Å². The van der Waals surface area contributed by atoms with Gasteiger partial charge in [-0.3, -0.25) is 0 Å². The summed E-state index contributed by atoms with van der Waals surface area (Å²) in [6, 6.07) is 8.74. The maximum Gasteiger partial charge on any atom is 0.352 e.